The lowest BCUT2D eigenvalue weighted by molar-refractivity contribution is 1.46. The maximum Gasteiger partial charge on any atom is 0.0542 e. The number of hydrogen-bond donors (Lipinski definition) is 0. The fraction of sp³-hybridized carbons (Fsp3) is 0.0667. The molecule has 0 spiro atoms. The molecule has 4 heterocycles. The van der Waals surface area contributed by atoms with Crippen LogP contribution in [0.3, 0.4) is 0 Å². The molecule has 238 valence electrons. The standard InChI is InChI=1S/C38H22S4.C7H12/c1-3-8-21(4-2)23-11-13-27-31(17-23)39-37-29-15-25-20-34-30(16-26(25)19-33(29)41-35(27)37)38-36(42-34)28-14-12-24(18-32(28)40-38)22-9-6-5-7-10-22;1-4-6-7(3)5-2/h3-20H,1-2H2;4-6H,1-3H3/b21-8+;6-4-,7-5-. The second kappa shape index (κ2) is 13.0. The van der Waals surface area contributed by atoms with E-state index < -0.39 is 0 Å². The van der Waals surface area contributed by atoms with Crippen molar-refractivity contribution in [3.63, 3.8) is 0 Å². The Labute approximate surface area is 302 Å². The van der Waals surface area contributed by atoms with Gasteiger partial charge in [0.15, 0.2) is 0 Å². The molecule has 9 rings (SSSR count). The predicted octanol–water partition coefficient (Wildman–Crippen LogP) is 16.0. The van der Waals surface area contributed by atoms with Crippen molar-refractivity contribution >= 4 is 121 Å². The van der Waals surface area contributed by atoms with Crippen LogP contribution in [0, 0.1) is 0 Å². The van der Waals surface area contributed by atoms with Crippen molar-refractivity contribution in [3.05, 3.63) is 152 Å². The summed E-state index contributed by atoms with van der Waals surface area (Å²) in [5.41, 5.74) is 6.16. The Bertz CT molecular complexity index is 2820. The van der Waals surface area contributed by atoms with Gasteiger partial charge in [0.1, 0.15) is 0 Å². The molecule has 9 aromatic rings. The Morgan fingerprint density at radius 1 is 0.571 bits per heavy atom. The summed E-state index contributed by atoms with van der Waals surface area (Å²) in [5.74, 6) is 0. The average Bonchev–Trinajstić information content (AvgIpc) is 3.87. The minimum Gasteiger partial charge on any atom is -0.134 e. The quantitative estimate of drug-likeness (QED) is 0.157. The number of fused-ring (bicyclic) bond motifs is 11. The summed E-state index contributed by atoms with van der Waals surface area (Å²) in [7, 11) is 0. The van der Waals surface area contributed by atoms with Gasteiger partial charge < -0.3 is 0 Å². The Morgan fingerprint density at radius 2 is 1.12 bits per heavy atom. The highest BCUT2D eigenvalue weighted by atomic mass is 32.1. The summed E-state index contributed by atoms with van der Waals surface area (Å²) < 4.78 is 11.0. The zero-order chi connectivity index (χ0) is 33.6. The van der Waals surface area contributed by atoms with Crippen LogP contribution in [0.5, 0.6) is 0 Å². The van der Waals surface area contributed by atoms with Crippen LogP contribution in [0.4, 0.5) is 0 Å². The van der Waals surface area contributed by atoms with Crippen molar-refractivity contribution in [2.24, 2.45) is 0 Å². The van der Waals surface area contributed by atoms with E-state index in [1.54, 1.807) is 0 Å². The second-order valence-corrected chi connectivity index (χ2v) is 16.4. The Kier molecular flexibility index (Phi) is 8.43. The van der Waals surface area contributed by atoms with E-state index >= 15 is 0 Å². The van der Waals surface area contributed by atoms with Gasteiger partial charge in [0.25, 0.3) is 0 Å². The van der Waals surface area contributed by atoms with E-state index in [9.17, 15) is 0 Å². The molecule has 0 saturated carbocycles. The topological polar surface area (TPSA) is 0 Å². The van der Waals surface area contributed by atoms with Gasteiger partial charge in [-0.3, -0.25) is 0 Å². The van der Waals surface area contributed by atoms with E-state index in [2.05, 4.69) is 123 Å². The summed E-state index contributed by atoms with van der Waals surface area (Å²) in [6, 6.07) is 34.1. The lowest BCUT2D eigenvalue weighted by Gasteiger charge is -2.02. The minimum absolute atomic E-state index is 1.10. The molecule has 0 nitrogen and oxygen atoms in total. The first-order valence-corrected chi connectivity index (χ1v) is 19.6. The van der Waals surface area contributed by atoms with Crippen LogP contribution in [0.1, 0.15) is 26.3 Å². The van der Waals surface area contributed by atoms with E-state index in [0.717, 1.165) is 5.57 Å². The maximum absolute atomic E-state index is 3.99. The third-order valence-corrected chi connectivity index (χ3v) is 14.1. The molecule has 0 aliphatic carbocycles. The van der Waals surface area contributed by atoms with E-state index in [-0.39, 0.29) is 0 Å². The molecule has 0 N–H and O–H groups in total. The molecule has 5 aromatic carbocycles. The molecule has 49 heavy (non-hydrogen) atoms. The first-order chi connectivity index (χ1) is 24.0. The Hall–Kier alpha value is -4.58. The number of hydrogen-bond acceptors (Lipinski definition) is 4. The van der Waals surface area contributed by atoms with E-state index in [4.69, 9.17) is 0 Å². The van der Waals surface area contributed by atoms with Crippen molar-refractivity contribution in [3.8, 4) is 11.1 Å². The van der Waals surface area contributed by atoms with E-state index in [1.165, 1.54) is 92.2 Å². The zero-order valence-electron chi connectivity index (χ0n) is 27.7. The lowest BCUT2D eigenvalue weighted by atomic mass is 10.0. The maximum atomic E-state index is 3.99. The van der Waals surface area contributed by atoms with Crippen LogP contribution in [0.2, 0.25) is 0 Å². The largest absolute Gasteiger partial charge is 0.134 e. The van der Waals surface area contributed by atoms with Gasteiger partial charge >= 0.3 is 0 Å². The highest BCUT2D eigenvalue weighted by Crippen LogP contribution is 2.49. The SMILES string of the molecule is C/C=C\C(C)=C/C.C=C/C=C(\C=C)c1ccc2c(c1)sc1c3cc4cc5sc6c7ccc(-c8ccccc8)cc7sc6c5cc4cc3sc21. The molecular formula is C45H34S4. The Morgan fingerprint density at radius 3 is 1.65 bits per heavy atom. The highest BCUT2D eigenvalue weighted by molar-refractivity contribution is 7.37. The molecule has 0 aliphatic heterocycles. The van der Waals surface area contributed by atoms with Crippen molar-refractivity contribution in [2.45, 2.75) is 20.8 Å². The van der Waals surface area contributed by atoms with Crippen LogP contribution < -0.4 is 0 Å². The molecule has 4 aromatic heterocycles. The van der Waals surface area contributed by atoms with Crippen LogP contribution >= 0.6 is 45.3 Å². The van der Waals surface area contributed by atoms with Gasteiger partial charge in [0.2, 0.25) is 0 Å². The third kappa shape index (κ3) is 5.59. The van der Waals surface area contributed by atoms with E-state index in [0.29, 0.717) is 0 Å². The average molecular weight is 703 g/mol. The summed E-state index contributed by atoms with van der Waals surface area (Å²) in [6.45, 7) is 14.0. The first kappa shape index (κ1) is 31.7. The molecule has 0 amide bonds. The summed E-state index contributed by atoms with van der Waals surface area (Å²) >= 11 is 7.69. The monoisotopic (exact) mass is 702 g/mol. The zero-order valence-corrected chi connectivity index (χ0v) is 30.9. The Balaban J connectivity index is 0.000000453. The minimum atomic E-state index is 1.10. The number of rotatable bonds is 5. The van der Waals surface area contributed by atoms with Gasteiger partial charge in [-0.05, 0) is 90.2 Å². The molecule has 0 atom stereocenters. The van der Waals surface area contributed by atoms with E-state index in [1.807, 2.05) is 83.5 Å². The number of thiophene rings is 4. The first-order valence-electron chi connectivity index (χ1n) is 16.4. The smallest absolute Gasteiger partial charge is 0.0542 e. The van der Waals surface area contributed by atoms with Gasteiger partial charge in [-0.15, -0.1) is 45.3 Å². The molecule has 0 bridgehead atoms. The molecule has 0 fully saturated rings. The molecule has 0 unspecified atom stereocenters. The molecule has 0 saturated heterocycles. The van der Waals surface area contributed by atoms with Crippen LogP contribution in [0.25, 0.3) is 86.6 Å². The summed E-state index contributed by atoms with van der Waals surface area (Å²) in [6.07, 6.45) is 12.0. The van der Waals surface area contributed by atoms with Crippen molar-refractivity contribution in [2.75, 3.05) is 0 Å². The van der Waals surface area contributed by atoms with Crippen molar-refractivity contribution in [1.29, 1.82) is 0 Å². The predicted molar refractivity (Wildman–Crippen MR) is 229 cm³/mol. The van der Waals surface area contributed by atoms with Crippen molar-refractivity contribution in [1.82, 2.24) is 0 Å². The normalized spacial score (nSPS) is 12.7. The van der Waals surface area contributed by atoms with Gasteiger partial charge in [-0.1, -0.05) is 110 Å². The molecule has 0 aliphatic rings. The fourth-order valence-electron chi connectivity index (χ4n) is 6.51. The van der Waals surface area contributed by atoms with Gasteiger partial charge in [-0.2, -0.15) is 0 Å². The highest BCUT2D eigenvalue weighted by Gasteiger charge is 2.17. The second-order valence-electron chi connectivity index (χ2n) is 12.2. The summed E-state index contributed by atoms with van der Waals surface area (Å²) in [5, 5.41) is 8.10. The van der Waals surface area contributed by atoms with Crippen molar-refractivity contribution < 1.29 is 0 Å². The van der Waals surface area contributed by atoms with Crippen LogP contribution in [-0.2, 0) is 0 Å². The number of allylic oxidation sites excluding steroid dienone is 8. The fourth-order valence-corrected chi connectivity index (χ4v) is 11.9. The summed E-state index contributed by atoms with van der Waals surface area (Å²) in [4.78, 5) is 0. The van der Waals surface area contributed by atoms with Gasteiger partial charge in [0.05, 0.1) is 18.8 Å². The molecular weight excluding hydrogens is 669 g/mol. The third-order valence-electron chi connectivity index (χ3n) is 9.08. The lowest BCUT2D eigenvalue weighted by Crippen LogP contribution is -1.79. The number of benzene rings is 5. The van der Waals surface area contributed by atoms with Gasteiger partial charge in [-0.25, -0.2) is 0 Å². The van der Waals surface area contributed by atoms with Crippen LogP contribution in [-0.4, -0.2) is 0 Å². The van der Waals surface area contributed by atoms with Crippen LogP contribution in [0.15, 0.2) is 146 Å². The molecule has 4 heteroatoms. The molecule has 0 radical (unpaired) electrons. The van der Waals surface area contributed by atoms with Gasteiger partial charge in [0, 0.05) is 40.3 Å².